The first kappa shape index (κ1) is 16.1. The van der Waals surface area contributed by atoms with Gasteiger partial charge < -0.3 is 10.1 Å². The fourth-order valence-electron chi connectivity index (χ4n) is 2.83. The summed E-state index contributed by atoms with van der Waals surface area (Å²) in [5.41, 5.74) is 3.11. The van der Waals surface area contributed by atoms with Crippen LogP contribution in [0.4, 0.5) is 5.69 Å². The third-order valence-corrected chi connectivity index (χ3v) is 5.47. The number of carbonyl (C=O) groups is 1. The molecule has 1 atom stereocenters. The van der Waals surface area contributed by atoms with Gasteiger partial charge in [0, 0.05) is 12.8 Å². The number of ether oxygens (including phenoxy) is 1. The molecule has 0 saturated carbocycles. The van der Waals surface area contributed by atoms with Crippen LogP contribution in [-0.4, -0.2) is 22.5 Å². The number of hydrogen-bond donors (Lipinski definition) is 1. The number of esters is 1. The van der Waals surface area contributed by atoms with Gasteiger partial charge >= 0.3 is 5.97 Å². The highest BCUT2D eigenvalue weighted by molar-refractivity contribution is 8.01. The van der Waals surface area contributed by atoms with Gasteiger partial charge in [-0.15, -0.1) is 0 Å². The van der Waals surface area contributed by atoms with Gasteiger partial charge in [-0.25, -0.2) is 4.99 Å². The number of benzene rings is 1. The molecule has 0 amide bonds. The largest absolute Gasteiger partial charge is 0.441 e. The van der Waals surface area contributed by atoms with Crippen molar-refractivity contribution in [1.82, 2.24) is 5.32 Å². The molecule has 23 heavy (non-hydrogen) atoms. The van der Waals surface area contributed by atoms with Crippen molar-refractivity contribution >= 4 is 29.3 Å². The van der Waals surface area contributed by atoms with Gasteiger partial charge in [0.1, 0.15) is 5.84 Å². The number of carbonyl (C=O) groups excluding carboxylic acids is 1. The zero-order valence-electron chi connectivity index (χ0n) is 13.6. The summed E-state index contributed by atoms with van der Waals surface area (Å²) in [5.74, 6) is 1.21. The predicted octanol–water partition coefficient (Wildman–Crippen LogP) is 4.08. The Morgan fingerprint density at radius 1 is 1.39 bits per heavy atom. The summed E-state index contributed by atoms with van der Waals surface area (Å²) < 4.78 is 5.70. The summed E-state index contributed by atoms with van der Waals surface area (Å²) in [6.45, 7) is 4.21. The van der Waals surface area contributed by atoms with Crippen LogP contribution >= 0.6 is 11.8 Å². The molecule has 1 aromatic carbocycles. The van der Waals surface area contributed by atoms with Crippen molar-refractivity contribution in [3.05, 3.63) is 41.6 Å². The van der Waals surface area contributed by atoms with Crippen LogP contribution in [0, 0.1) is 6.92 Å². The maximum absolute atomic E-state index is 11.7. The van der Waals surface area contributed by atoms with E-state index in [2.05, 4.69) is 31.3 Å². The lowest BCUT2D eigenvalue weighted by molar-refractivity contribution is -0.144. The van der Waals surface area contributed by atoms with Crippen molar-refractivity contribution in [3.63, 3.8) is 0 Å². The number of unbranched alkanes of at least 4 members (excludes halogenated alkanes) is 1. The van der Waals surface area contributed by atoms with Crippen LogP contribution in [0.25, 0.3) is 0 Å². The van der Waals surface area contributed by atoms with Crippen LogP contribution in [0.5, 0.6) is 0 Å². The molecule has 2 heterocycles. The molecule has 1 aromatic rings. The van der Waals surface area contributed by atoms with Crippen molar-refractivity contribution < 1.29 is 9.53 Å². The topological polar surface area (TPSA) is 50.7 Å². The van der Waals surface area contributed by atoms with Gasteiger partial charge in [-0.3, -0.25) is 4.79 Å². The lowest BCUT2D eigenvalue weighted by Crippen LogP contribution is -2.35. The normalized spacial score (nSPS) is 25.4. The van der Waals surface area contributed by atoms with Gasteiger partial charge in [-0.1, -0.05) is 49.4 Å². The number of hydrogen-bond acceptors (Lipinski definition) is 4. The first-order chi connectivity index (χ1) is 11.1. The monoisotopic (exact) mass is 330 g/mol. The van der Waals surface area contributed by atoms with E-state index in [0.717, 1.165) is 48.5 Å². The maximum atomic E-state index is 11.7. The van der Waals surface area contributed by atoms with Crippen molar-refractivity contribution in [2.75, 3.05) is 5.75 Å². The Kier molecular flexibility index (Phi) is 4.76. The van der Waals surface area contributed by atoms with E-state index >= 15 is 0 Å². The molecular formula is C18H22N2O2S. The van der Waals surface area contributed by atoms with E-state index in [-0.39, 0.29) is 5.97 Å². The first-order valence-corrected chi connectivity index (χ1v) is 9.08. The Morgan fingerprint density at radius 2 is 2.22 bits per heavy atom. The number of nitrogens with one attached hydrogen (secondary N) is 1. The Hall–Kier alpha value is -1.75. The van der Waals surface area contributed by atoms with E-state index in [1.54, 1.807) is 11.8 Å². The average Bonchev–Trinajstić information content (AvgIpc) is 3.15. The number of rotatable bonds is 5. The molecule has 1 N–H and O–H groups in total. The molecule has 1 unspecified atom stereocenters. The molecule has 0 spiro atoms. The molecule has 0 aliphatic carbocycles. The van der Waals surface area contributed by atoms with Gasteiger partial charge in [0.05, 0.1) is 17.1 Å². The fraction of sp³-hybridized carbons (Fsp3) is 0.444. The highest BCUT2D eigenvalue weighted by atomic mass is 32.2. The first-order valence-electron chi connectivity index (χ1n) is 8.09. The van der Waals surface area contributed by atoms with Crippen LogP contribution in [0.15, 0.2) is 41.0 Å². The number of thioether (sulfide) groups is 1. The van der Waals surface area contributed by atoms with E-state index in [0.29, 0.717) is 5.75 Å². The maximum Gasteiger partial charge on any atom is 0.317 e. The van der Waals surface area contributed by atoms with Crippen molar-refractivity contribution in [1.29, 1.82) is 0 Å². The number of aliphatic imine (C=N–C) groups is 1. The lowest BCUT2D eigenvalue weighted by atomic mass is 10.1. The molecule has 0 radical (unpaired) electrons. The summed E-state index contributed by atoms with van der Waals surface area (Å²) in [6.07, 6.45) is 5.81. The Bertz CT molecular complexity index is 669. The second kappa shape index (κ2) is 6.79. The predicted molar refractivity (Wildman–Crippen MR) is 94.9 cm³/mol. The van der Waals surface area contributed by atoms with Crippen LogP contribution < -0.4 is 5.32 Å². The molecule has 4 nitrogen and oxygen atoms in total. The van der Waals surface area contributed by atoms with E-state index in [1.165, 1.54) is 0 Å². The minimum absolute atomic E-state index is 0.127. The van der Waals surface area contributed by atoms with Crippen LogP contribution in [0.1, 0.15) is 38.2 Å². The van der Waals surface area contributed by atoms with Gasteiger partial charge in [-0.2, -0.15) is 0 Å². The molecule has 122 valence electrons. The number of cyclic esters (lactones) is 1. The third-order valence-electron chi connectivity index (χ3n) is 4.12. The van der Waals surface area contributed by atoms with E-state index in [1.807, 2.05) is 18.2 Å². The van der Waals surface area contributed by atoms with Crippen LogP contribution in [-0.2, 0) is 9.53 Å². The van der Waals surface area contributed by atoms with Crippen molar-refractivity contribution in [3.8, 4) is 0 Å². The molecule has 3 rings (SSSR count). The average molecular weight is 330 g/mol. The lowest BCUT2D eigenvalue weighted by Gasteiger charge is -2.28. The van der Waals surface area contributed by atoms with Gasteiger partial charge in [0.2, 0.25) is 0 Å². The fourth-order valence-corrected chi connectivity index (χ4v) is 3.97. The van der Waals surface area contributed by atoms with E-state index in [9.17, 15) is 4.79 Å². The molecule has 1 fully saturated rings. The highest BCUT2D eigenvalue weighted by Crippen LogP contribution is 2.44. The third kappa shape index (κ3) is 3.44. The zero-order chi connectivity index (χ0) is 16.3. The Morgan fingerprint density at radius 3 is 2.91 bits per heavy atom. The summed E-state index contributed by atoms with van der Waals surface area (Å²) in [6, 6.07) is 8.07. The van der Waals surface area contributed by atoms with Gasteiger partial charge in [0.25, 0.3) is 0 Å². The Balaban J connectivity index is 1.77. The van der Waals surface area contributed by atoms with Gasteiger partial charge in [0.15, 0.2) is 4.93 Å². The smallest absolute Gasteiger partial charge is 0.317 e. The van der Waals surface area contributed by atoms with Crippen molar-refractivity contribution in [2.45, 2.75) is 44.5 Å². The van der Waals surface area contributed by atoms with Crippen LogP contribution in [0.2, 0.25) is 0 Å². The minimum Gasteiger partial charge on any atom is -0.441 e. The second-order valence-electron chi connectivity index (χ2n) is 5.91. The molecular weight excluding hydrogens is 308 g/mol. The second-order valence-corrected chi connectivity index (χ2v) is 7.15. The summed E-state index contributed by atoms with van der Waals surface area (Å²) in [4.78, 5) is 15.8. The van der Waals surface area contributed by atoms with Crippen molar-refractivity contribution in [2.24, 2.45) is 4.99 Å². The quantitative estimate of drug-likeness (QED) is 0.827. The summed E-state index contributed by atoms with van der Waals surface area (Å²) >= 11 is 1.59. The number of aryl methyl sites for hydroxylation is 1. The molecule has 1 saturated heterocycles. The zero-order valence-corrected chi connectivity index (χ0v) is 14.4. The molecule has 2 aliphatic heterocycles. The van der Waals surface area contributed by atoms with E-state index < -0.39 is 4.93 Å². The number of para-hydroxylation sites is 1. The molecule has 5 heteroatoms. The number of nitrogens with zero attached hydrogens (tertiary/aromatic N) is 1. The highest BCUT2D eigenvalue weighted by Gasteiger charge is 2.45. The standard InChI is InChI=1S/C18H22N2O2S/c1-3-4-11-18(22-17(21)12-23-18)15-9-10-16(20-15)19-14-8-6-5-7-13(14)2/h5-9H,3-4,10-12H2,1-2H3,(H,19,20). The number of amidine groups is 1. The summed E-state index contributed by atoms with van der Waals surface area (Å²) in [5, 5.41) is 3.39. The van der Waals surface area contributed by atoms with E-state index in [4.69, 9.17) is 9.73 Å². The minimum atomic E-state index is -0.546. The molecule has 0 aromatic heterocycles. The summed E-state index contributed by atoms with van der Waals surface area (Å²) in [7, 11) is 0. The van der Waals surface area contributed by atoms with Gasteiger partial charge in [-0.05, 0) is 25.0 Å². The molecule has 2 aliphatic rings. The Labute approximate surface area is 141 Å². The SMILES string of the molecule is CCCCC1(C2=CCC(=Nc3ccccc3C)N2)OC(=O)CS1. The van der Waals surface area contributed by atoms with Crippen LogP contribution in [0.3, 0.4) is 0 Å². The molecule has 0 bridgehead atoms.